The van der Waals surface area contributed by atoms with Gasteiger partial charge in [-0.05, 0) is 31.5 Å². The molecule has 0 bridgehead atoms. The van der Waals surface area contributed by atoms with Gasteiger partial charge in [0.05, 0.1) is 6.61 Å². The summed E-state index contributed by atoms with van der Waals surface area (Å²) in [6.45, 7) is 4.46. The topological polar surface area (TPSA) is 52.3 Å². The highest BCUT2D eigenvalue weighted by molar-refractivity contribution is 6.29. The average molecular weight is 303 g/mol. The molecule has 21 heavy (non-hydrogen) atoms. The summed E-state index contributed by atoms with van der Waals surface area (Å²) < 4.78 is 7.64. The van der Waals surface area contributed by atoms with Gasteiger partial charge in [-0.3, -0.25) is 4.40 Å². The number of aromatic nitrogens is 4. The van der Waals surface area contributed by atoms with E-state index in [1.54, 1.807) is 6.07 Å². The van der Waals surface area contributed by atoms with E-state index in [4.69, 9.17) is 16.3 Å². The number of aryl methyl sites for hydroxylation is 2. The minimum atomic E-state index is 0.426. The SMILES string of the molecule is Cc1cccc(OCCc2nnc3cc(Cl)nc(C)n23)c1. The molecule has 0 saturated carbocycles. The van der Waals surface area contributed by atoms with Crippen LogP contribution >= 0.6 is 11.6 Å². The van der Waals surface area contributed by atoms with Gasteiger partial charge < -0.3 is 4.74 Å². The Morgan fingerprint density at radius 3 is 2.86 bits per heavy atom. The number of hydrogen-bond donors (Lipinski definition) is 0. The lowest BCUT2D eigenvalue weighted by Crippen LogP contribution is -2.07. The molecule has 0 aliphatic rings. The Bertz CT molecular complexity index is 784. The predicted octanol–water partition coefficient (Wildman–Crippen LogP) is 3.02. The van der Waals surface area contributed by atoms with E-state index >= 15 is 0 Å². The maximum Gasteiger partial charge on any atom is 0.165 e. The molecule has 1 aromatic carbocycles. The Morgan fingerprint density at radius 1 is 1.19 bits per heavy atom. The first-order valence-electron chi connectivity index (χ1n) is 6.70. The second-order valence-corrected chi connectivity index (χ2v) is 5.24. The fourth-order valence-corrected chi connectivity index (χ4v) is 2.47. The number of fused-ring (bicyclic) bond motifs is 1. The van der Waals surface area contributed by atoms with Crippen LogP contribution in [0.5, 0.6) is 5.75 Å². The number of hydrogen-bond acceptors (Lipinski definition) is 4. The molecule has 0 N–H and O–H groups in total. The summed E-state index contributed by atoms with van der Waals surface area (Å²) in [4.78, 5) is 4.22. The van der Waals surface area contributed by atoms with Gasteiger partial charge in [-0.1, -0.05) is 23.7 Å². The van der Waals surface area contributed by atoms with Crippen molar-refractivity contribution < 1.29 is 4.74 Å². The molecule has 0 unspecified atom stereocenters. The molecule has 0 fully saturated rings. The number of ether oxygens (including phenoxy) is 1. The Kier molecular flexibility index (Phi) is 3.75. The molecule has 0 aliphatic carbocycles. The van der Waals surface area contributed by atoms with Crippen molar-refractivity contribution in [2.24, 2.45) is 0 Å². The van der Waals surface area contributed by atoms with Crippen LogP contribution in [0.15, 0.2) is 30.3 Å². The lowest BCUT2D eigenvalue weighted by Gasteiger charge is -2.07. The summed E-state index contributed by atoms with van der Waals surface area (Å²) in [7, 11) is 0. The lowest BCUT2D eigenvalue weighted by atomic mass is 10.2. The predicted molar refractivity (Wildman–Crippen MR) is 80.9 cm³/mol. The van der Waals surface area contributed by atoms with Crippen LogP contribution in [0.4, 0.5) is 0 Å². The standard InChI is InChI=1S/C15H15ClN4O/c1-10-4-3-5-12(8-10)21-7-6-14-18-19-15-9-13(16)17-11(2)20(14)15/h3-5,8-9H,6-7H2,1-2H3. The zero-order valence-corrected chi connectivity index (χ0v) is 12.6. The van der Waals surface area contributed by atoms with E-state index in [9.17, 15) is 0 Å². The molecule has 0 saturated heterocycles. The second kappa shape index (κ2) is 5.69. The Balaban J connectivity index is 1.74. The van der Waals surface area contributed by atoms with Crippen LogP contribution in [0, 0.1) is 13.8 Å². The lowest BCUT2D eigenvalue weighted by molar-refractivity contribution is 0.318. The highest BCUT2D eigenvalue weighted by atomic mass is 35.5. The fraction of sp³-hybridized carbons (Fsp3) is 0.267. The number of benzene rings is 1. The minimum absolute atomic E-state index is 0.426. The smallest absolute Gasteiger partial charge is 0.165 e. The molecule has 6 heteroatoms. The quantitative estimate of drug-likeness (QED) is 0.695. The van der Waals surface area contributed by atoms with E-state index in [0.717, 1.165) is 17.4 Å². The van der Waals surface area contributed by atoms with Gasteiger partial charge in [-0.2, -0.15) is 0 Å². The van der Waals surface area contributed by atoms with Crippen LogP contribution in [-0.4, -0.2) is 26.2 Å². The van der Waals surface area contributed by atoms with Gasteiger partial charge in [0.15, 0.2) is 5.65 Å². The molecule has 5 nitrogen and oxygen atoms in total. The normalized spacial score (nSPS) is 11.0. The van der Waals surface area contributed by atoms with Gasteiger partial charge in [0.25, 0.3) is 0 Å². The first-order chi connectivity index (χ1) is 10.1. The van der Waals surface area contributed by atoms with Crippen LogP contribution in [0.3, 0.4) is 0 Å². The Morgan fingerprint density at radius 2 is 2.05 bits per heavy atom. The van der Waals surface area contributed by atoms with Crippen molar-refractivity contribution in [2.45, 2.75) is 20.3 Å². The number of rotatable bonds is 4. The monoisotopic (exact) mass is 302 g/mol. The maximum atomic E-state index is 5.92. The number of halogens is 1. The first kappa shape index (κ1) is 13.8. The summed E-state index contributed by atoms with van der Waals surface area (Å²) in [6.07, 6.45) is 0.652. The Labute approximate surface area is 127 Å². The third-order valence-electron chi connectivity index (χ3n) is 3.18. The van der Waals surface area contributed by atoms with Gasteiger partial charge in [-0.25, -0.2) is 4.98 Å². The molecular weight excluding hydrogens is 288 g/mol. The second-order valence-electron chi connectivity index (χ2n) is 4.85. The van der Waals surface area contributed by atoms with Gasteiger partial charge >= 0.3 is 0 Å². The van der Waals surface area contributed by atoms with E-state index < -0.39 is 0 Å². The van der Waals surface area contributed by atoms with E-state index in [0.29, 0.717) is 23.8 Å². The molecule has 3 rings (SSSR count). The minimum Gasteiger partial charge on any atom is -0.493 e. The van der Waals surface area contributed by atoms with Crippen LogP contribution in [0.25, 0.3) is 5.65 Å². The van der Waals surface area contributed by atoms with Crippen LogP contribution in [-0.2, 0) is 6.42 Å². The van der Waals surface area contributed by atoms with Crippen molar-refractivity contribution in [3.8, 4) is 5.75 Å². The zero-order valence-electron chi connectivity index (χ0n) is 11.9. The van der Waals surface area contributed by atoms with E-state index in [2.05, 4.69) is 15.2 Å². The highest BCUT2D eigenvalue weighted by Gasteiger charge is 2.10. The van der Waals surface area contributed by atoms with Crippen LogP contribution in [0.2, 0.25) is 5.15 Å². The van der Waals surface area contributed by atoms with Crippen molar-refractivity contribution in [3.05, 3.63) is 52.7 Å². The van der Waals surface area contributed by atoms with Crippen molar-refractivity contribution in [3.63, 3.8) is 0 Å². The highest BCUT2D eigenvalue weighted by Crippen LogP contribution is 2.14. The van der Waals surface area contributed by atoms with Gasteiger partial charge in [0.1, 0.15) is 22.6 Å². The van der Waals surface area contributed by atoms with Crippen molar-refractivity contribution in [1.82, 2.24) is 19.6 Å². The van der Waals surface area contributed by atoms with E-state index in [1.807, 2.05) is 42.5 Å². The van der Waals surface area contributed by atoms with E-state index in [1.165, 1.54) is 5.56 Å². The van der Waals surface area contributed by atoms with E-state index in [-0.39, 0.29) is 0 Å². The molecule has 2 heterocycles. The first-order valence-corrected chi connectivity index (χ1v) is 7.08. The van der Waals surface area contributed by atoms with Gasteiger partial charge in [0.2, 0.25) is 0 Å². The summed E-state index contributed by atoms with van der Waals surface area (Å²) in [6, 6.07) is 9.67. The molecular formula is C15H15ClN4O. The molecule has 3 aromatic rings. The van der Waals surface area contributed by atoms with Gasteiger partial charge in [0, 0.05) is 12.5 Å². The molecule has 0 amide bonds. The third-order valence-corrected chi connectivity index (χ3v) is 3.37. The molecule has 0 aliphatic heterocycles. The average Bonchev–Trinajstić information content (AvgIpc) is 2.82. The molecule has 2 aromatic heterocycles. The van der Waals surface area contributed by atoms with Crippen molar-refractivity contribution in [1.29, 1.82) is 0 Å². The number of nitrogens with zero attached hydrogens (tertiary/aromatic N) is 4. The zero-order chi connectivity index (χ0) is 14.8. The summed E-state index contributed by atoms with van der Waals surface area (Å²) in [5.74, 6) is 2.45. The summed E-state index contributed by atoms with van der Waals surface area (Å²) >= 11 is 5.92. The molecule has 108 valence electrons. The van der Waals surface area contributed by atoms with Gasteiger partial charge in [-0.15, -0.1) is 10.2 Å². The molecule has 0 radical (unpaired) electrons. The largest absolute Gasteiger partial charge is 0.493 e. The van der Waals surface area contributed by atoms with Crippen molar-refractivity contribution in [2.75, 3.05) is 6.61 Å². The Hall–Kier alpha value is -2.14. The maximum absolute atomic E-state index is 5.92. The van der Waals surface area contributed by atoms with Crippen molar-refractivity contribution >= 4 is 17.2 Å². The van der Waals surface area contributed by atoms with Crippen LogP contribution in [0.1, 0.15) is 17.2 Å². The summed E-state index contributed by atoms with van der Waals surface area (Å²) in [5.41, 5.74) is 1.88. The molecule has 0 spiro atoms. The van der Waals surface area contributed by atoms with Crippen LogP contribution < -0.4 is 4.74 Å². The fourth-order valence-electron chi connectivity index (χ4n) is 2.25. The molecule has 0 atom stereocenters. The third kappa shape index (κ3) is 2.97. The summed E-state index contributed by atoms with van der Waals surface area (Å²) in [5, 5.41) is 8.72.